The number of fused-ring (bicyclic) bond motifs is 1. The molecule has 0 fully saturated rings. The van der Waals surface area contributed by atoms with E-state index >= 15 is 0 Å². The number of anilines is 1. The lowest BCUT2D eigenvalue weighted by molar-refractivity contribution is 0.100. The first-order valence-corrected chi connectivity index (χ1v) is 7.96. The zero-order valence-corrected chi connectivity index (χ0v) is 14.2. The van der Waals surface area contributed by atoms with E-state index in [9.17, 15) is 4.79 Å². The average molecular weight is 322 g/mol. The molecule has 0 saturated carbocycles. The fraction of sp³-hybridized carbons (Fsp3) is 0.263. The average Bonchev–Trinajstić information content (AvgIpc) is 2.96. The zero-order valence-electron chi connectivity index (χ0n) is 14.2. The van der Waals surface area contributed by atoms with Gasteiger partial charge in [-0.05, 0) is 17.0 Å². The smallest absolute Gasteiger partial charge is 0.252 e. The predicted molar refractivity (Wildman–Crippen MR) is 97.1 cm³/mol. The fourth-order valence-corrected chi connectivity index (χ4v) is 2.57. The summed E-state index contributed by atoms with van der Waals surface area (Å²) in [5, 5.41) is 7.71. The minimum absolute atomic E-state index is 0.0734. The van der Waals surface area contributed by atoms with Crippen molar-refractivity contribution >= 4 is 17.1 Å². The van der Waals surface area contributed by atoms with Gasteiger partial charge in [-0.2, -0.15) is 5.10 Å². The maximum absolute atomic E-state index is 11.8. The molecule has 5 heteroatoms. The van der Waals surface area contributed by atoms with Crippen molar-refractivity contribution in [2.24, 2.45) is 11.1 Å². The van der Waals surface area contributed by atoms with Gasteiger partial charge in [0.1, 0.15) is 0 Å². The summed E-state index contributed by atoms with van der Waals surface area (Å²) in [6, 6.07) is 12.1. The van der Waals surface area contributed by atoms with E-state index in [0.717, 1.165) is 28.9 Å². The molecule has 0 aliphatic rings. The van der Waals surface area contributed by atoms with Gasteiger partial charge in [0, 0.05) is 18.3 Å². The summed E-state index contributed by atoms with van der Waals surface area (Å²) in [4.78, 5) is 11.8. The monoisotopic (exact) mass is 322 g/mol. The van der Waals surface area contributed by atoms with Crippen LogP contribution in [0.5, 0.6) is 0 Å². The SMILES string of the molecule is CC(C)(C)CNc1c(C(N)=O)cnn2cc(-c3ccccc3)cc12. The van der Waals surface area contributed by atoms with E-state index in [1.807, 2.05) is 42.6 Å². The van der Waals surface area contributed by atoms with Gasteiger partial charge in [-0.3, -0.25) is 4.79 Å². The summed E-state index contributed by atoms with van der Waals surface area (Å²) < 4.78 is 1.78. The van der Waals surface area contributed by atoms with Gasteiger partial charge < -0.3 is 11.1 Å². The molecule has 3 aromatic rings. The molecule has 0 saturated heterocycles. The Morgan fingerprint density at radius 2 is 1.92 bits per heavy atom. The van der Waals surface area contributed by atoms with E-state index in [1.54, 1.807) is 4.52 Å². The molecule has 0 atom stereocenters. The van der Waals surface area contributed by atoms with E-state index in [-0.39, 0.29) is 5.41 Å². The standard InChI is InChI=1S/C19H22N4O/c1-19(2,3)12-21-17-15(18(20)24)10-22-23-11-14(9-16(17)23)13-7-5-4-6-8-13/h4-11,21H,12H2,1-3H3,(H2,20,24). The van der Waals surface area contributed by atoms with Gasteiger partial charge in [0.05, 0.1) is 23.0 Å². The molecule has 5 nitrogen and oxygen atoms in total. The van der Waals surface area contributed by atoms with Gasteiger partial charge in [-0.15, -0.1) is 0 Å². The molecule has 124 valence electrons. The van der Waals surface area contributed by atoms with Crippen LogP contribution in [0.1, 0.15) is 31.1 Å². The minimum Gasteiger partial charge on any atom is -0.382 e. The number of nitrogens with two attached hydrogens (primary N) is 1. The maximum atomic E-state index is 11.8. The van der Waals surface area contributed by atoms with Crippen molar-refractivity contribution in [1.29, 1.82) is 0 Å². The highest BCUT2D eigenvalue weighted by Gasteiger charge is 2.17. The summed E-state index contributed by atoms with van der Waals surface area (Å²) in [5.41, 5.74) is 9.74. The molecular formula is C19H22N4O. The van der Waals surface area contributed by atoms with Crippen LogP contribution in [0.2, 0.25) is 0 Å². The molecule has 2 heterocycles. The maximum Gasteiger partial charge on any atom is 0.252 e. The lowest BCUT2D eigenvalue weighted by atomic mass is 9.96. The molecule has 24 heavy (non-hydrogen) atoms. The Balaban J connectivity index is 2.12. The number of hydrogen-bond acceptors (Lipinski definition) is 3. The van der Waals surface area contributed by atoms with Crippen molar-refractivity contribution in [2.75, 3.05) is 11.9 Å². The van der Waals surface area contributed by atoms with Crippen LogP contribution >= 0.6 is 0 Å². The summed E-state index contributed by atoms with van der Waals surface area (Å²) in [6.45, 7) is 7.13. The molecule has 1 amide bonds. The second-order valence-electron chi connectivity index (χ2n) is 7.14. The molecule has 0 spiro atoms. The van der Waals surface area contributed by atoms with Crippen LogP contribution in [0, 0.1) is 5.41 Å². The normalized spacial score (nSPS) is 11.6. The molecule has 3 N–H and O–H groups in total. The van der Waals surface area contributed by atoms with Crippen molar-refractivity contribution in [3.63, 3.8) is 0 Å². The second kappa shape index (κ2) is 6.00. The van der Waals surface area contributed by atoms with Crippen LogP contribution in [0.4, 0.5) is 5.69 Å². The Labute approximate surface area is 141 Å². The van der Waals surface area contributed by atoms with E-state index in [0.29, 0.717) is 5.56 Å². The Bertz CT molecular complexity index is 876. The number of rotatable bonds is 4. The number of primary amides is 1. The zero-order chi connectivity index (χ0) is 17.3. The summed E-state index contributed by atoms with van der Waals surface area (Å²) in [6.07, 6.45) is 3.48. The van der Waals surface area contributed by atoms with Gasteiger partial charge in [0.15, 0.2) is 0 Å². The Hall–Kier alpha value is -2.82. The van der Waals surface area contributed by atoms with Crippen LogP contribution in [-0.2, 0) is 0 Å². The minimum atomic E-state index is -0.483. The van der Waals surface area contributed by atoms with Crippen LogP contribution in [0.15, 0.2) is 48.8 Å². The summed E-state index contributed by atoms with van der Waals surface area (Å²) >= 11 is 0. The number of nitrogens with one attached hydrogen (secondary N) is 1. The molecule has 2 aromatic heterocycles. The van der Waals surface area contributed by atoms with Crippen LogP contribution in [0.3, 0.4) is 0 Å². The predicted octanol–water partition coefficient (Wildman–Crippen LogP) is 3.56. The molecule has 3 rings (SSSR count). The first-order chi connectivity index (χ1) is 11.3. The molecule has 1 aromatic carbocycles. The molecule has 0 aliphatic heterocycles. The van der Waals surface area contributed by atoms with Crippen molar-refractivity contribution in [3.05, 3.63) is 54.4 Å². The number of aromatic nitrogens is 2. The van der Waals surface area contributed by atoms with E-state index in [2.05, 4.69) is 31.2 Å². The molecule has 0 radical (unpaired) electrons. The number of hydrogen-bond donors (Lipinski definition) is 2. The third-order valence-electron chi connectivity index (χ3n) is 3.81. The van der Waals surface area contributed by atoms with Crippen molar-refractivity contribution < 1.29 is 4.79 Å². The van der Waals surface area contributed by atoms with Crippen LogP contribution in [0.25, 0.3) is 16.6 Å². The van der Waals surface area contributed by atoms with Crippen molar-refractivity contribution in [1.82, 2.24) is 9.61 Å². The first kappa shape index (κ1) is 16.1. The number of benzene rings is 1. The Morgan fingerprint density at radius 1 is 1.21 bits per heavy atom. The largest absolute Gasteiger partial charge is 0.382 e. The highest BCUT2D eigenvalue weighted by Crippen LogP contribution is 2.29. The van der Waals surface area contributed by atoms with Crippen LogP contribution in [-0.4, -0.2) is 22.1 Å². The number of carbonyl (C=O) groups is 1. The van der Waals surface area contributed by atoms with Gasteiger partial charge in [0.25, 0.3) is 5.91 Å². The fourth-order valence-electron chi connectivity index (χ4n) is 2.57. The summed E-state index contributed by atoms with van der Waals surface area (Å²) in [7, 11) is 0. The van der Waals surface area contributed by atoms with E-state index < -0.39 is 5.91 Å². The van der Waals surface area contributed by atoms with E-state index in [1.165, 1.54) is 6.20 Å². The number of carbonyl (C=O) groups excluding carboxylic acids is 1. The van der Waals surface area contributed by atoms with Crippen LogP contribution < -0.4 is 11.1 Å². The third kappa shape index (κ3) is 3.25. The molecule has 0 aliphatic carbocycles. The van der Waals surface area contributed by atoms with Crippen molar-refractivity contribution in [3.8, 4) is 11.1 Å². The topological polar surface area (TPSA) is 72.4 Å². The first-order valence-electron chi connectivity index (χ1n) is 7.96. The molecule has 0 unspecified atom stereocenters. The summed E-state index contributed by atoms with van der Waals surface area (Å²) in [5.74, 6) is -0.483. The Kier molecular flexibility index (Phi) is 4.01. The molecular weight excluding hydrogens is 300 g/mol. The van der Waals surface area contributed by atoms with Gasteiger partial charge in [-0.1, -0.05) is 51.1 Å². The Morgan fingerprint density at radius 3 is 2.54 bits per heavy atom. The highest BCUT2D eigenvalue weighted by atomic mass is 16.1. The molecule has 0 bridgehead atoms. The number of amides is 1. The lowest BCUT2D eigenvalue weighted by Crippen LogP contribution is -2.22. The third-order valence-corrected chi connectivity index (χ3v) is 3.81. The van der Waals surface area contributed by atoms with Gasteiger partial charge in [0.2, 0.25) is 0 Å². The lowest BCUT2D eigenvalue weighted by Gasteiger charge is -2.21. The second-order valence-corrected chi connectivity index (χ2v) is 7.14. The van der Waals surface area contributed by atoms with Crippen molar-refractivity contribution in [2.45, 2.75) is 20.8 Å². The quantitative estimate of drug-likeness (QED) is 0.771. The van der Waals surface area contributed by atoms with Gasteiger partial charge in [-0.25, -0.2) is 4.52 Å². The van der Waals surface area contributed by atoms with Gasteiger partial charge >= 0.3 is 0 Å². The van der Waals surface area contributed by atoms with E-state index in [4.69, 9.17) is 5.73 Å². The highest BCUT2D eigenvalue weighted by molar-refractivity contribution is 6.02. The number of nitrogens with zero attached hydrogens (tertiary/aromatic N) is 2.